The summed E-state index contributed by atoms with van der Waals surface area (Å²) in [6, 6.07) is 6.53. The van der Waals surface area contributed by atoms with Gasteiger partial charge in [-0.1, -0.05) is 12.1 Å². The molecule has 1 aliphatic rings. The monoisotopic (exact) mass is 248 g/mol. The highest BCUT2D eigenvalue weighted by atomic mass is 16.7. The number of hydrogen-bond acceptors (Lipinski definition) is 4. The molecule has 18 heavy (non-hydrogen) atoms. The van der Waals surface area contributed by atoms with E-state index in [1.54, 1.807) is 24.3 Å². The number of amidine groups is 1. The first kappa shape index (κ1) is 12.1. The Balaban J connectivity index is 2.07. The van der Waals surface area contributed by atoms with E-state index in [1.165, 1.54) is 0 Å². The van der Waals surface area contributed by atoms with Crippen molar-refractivity contribution in [2.24, 2.45) is 10.7 Å². The molecule has 0 unspecified atom stereocenters. The molecule has 0 saturated carbocycles. The minimum absolute atomic E-state index is 0.175. The Morgan fingerprint density at radius 2 is 2.11 bits per heavy atom. The van der Waals surface area contributed by atoms with Crippen LogP contribution in [0, 0.1) is 0 Å². The number of hydrogen-bond donors (Lipinski definition) is 3. The fraction of sp³-hybridized carbons (Fsp3) is 0.182. The molecule has 1 heterocycles. The van der Waals surface area contributed by atoms with Crippen LogP contribution in [0.25, 0.3) is 0 Å². The lowest BCUT2D eigenvalue weighted by Gasteiger charge is -2.15. The van der Waals surface area contributed by atoms with E-state index in [9.17, 15) is 9.59 Å². The number of carbonyl (C=O) groups is 2. The van der Waals surface area contributed by atoms with Crippen LogP contribution in [0.3, 0.4) is 0 Å². The van der Waals surface area contributed by atoms with Gasteiger partial charge >= 0.3 is 6.03 Å². The number of primary amides is 1. The predicted octanol–water partition coefficient (Wildman–Crippen LogP) is -0.0112. The van der Waals surface area contributed by atoms with Crippen molar-refractivity contribution in [1.29, 1.82) is 0 Å². The van der Waals surface area contributed by atoms with E-state index < -0.39 is 6.03 Å². The third-order valence-electron chi connectivity index (χ3n) is 2.21. The molecule has 4 N–H and O–H groups in total. The third kappa shape index (κ3) is 3.29. The Kier molecular flexibility index (Phi) is 3.54. The molecule has 1 aromatic rings. The molecule has 0 aromatic heterocycles. The number of amides is 3. The molecule has 0 aliphatic carbocycles. The van der Waals surface area contributed by atoms with Crippen molar-refractivity contribution in [3.63, 3.8) is 0 Å². The summed E-state index contributed by atoms with van der Waals surface area (Å²) in [6.45, 7) is 0.175. The lowest BCUT2D eigenvalue weighted by atomic mass is 10.1. The van der Waals surface area contributed by atoms with Crippen LogP contribution in [0.5, 0.6) is 0 Å². The second-order valence-corrected chi connectivity index (χ2v) is 3.71. The number of rotatable bonds is 3. The van der Waals surface area contributed by atoms with Gasteiger partial charge in [0.25, 0.3) is 0 Å². The van der Waals surface area contributed by atoms with Crippen LogP contribution in [0.15, 0.2) is 29.3 Å². The van der Waals surface area contributed by atoms with Crippen molar-refractivity contribution in [2.45, 2.75) is 6.42 Å². The smallest absolute Gasteiger partial charge is 0.344 e. The van der Waals surface area contributed by atoms with Crippen molar-refractivity contribution < 1.29 is 14.4 Å². The van der Waals surface area contributed by atoms with Gasteiger partial charge in [-0.15, -0.1) is 0 Å². The lowest BCUT2D eigenvalue weighted by molar-refractivity contribution is -0.117. The third-order valence-corrected chi connectivity index (χ3v) is 2.21. The fourth-order valence-electron chi connectivity index (χ4n) is 1.47. The van der Waals surface area contributed by atoms with E-state index in [0.29, 0.717) is 11.5 Å². The van der Waals surface area contributed by atoms with Crippen molar-refractivity contribution in [2.75, 3.05) is 6.61 Å². The predicted molar refractivity (Wildman–Crippen MR) is 64.1 cm³/mol. The first-order valence-electron chi connectivity index (χ1n) is 5.27. The topological polar surface area (TPSA) is 106 Å². The SMILES string of the molecule is NC(=O)Cc1ccc(N=C2CONC(=O)N2)cc1. The normalized spacial score (nSPS) is 17.1. The summed E-state index contributed by atoms with van der Waals surface area (Å²) in [4.78, 5) is 30.7. The van der Waals surface area contributed by atoms with Crippen molar-refractivity contribution in [3.05, 3.63) is 29.8 Å². The van der Waals surface area contributed by atoms with Gasteiger partial charge in [0.15, 0.2) is 0 Å². The van der Waals surface area contributed by atoms with E-state index in [4.69, 9.17) is 10.6 Å². The molecule has 0 bridgehead atoms. The van der Waals surface area contributed by atoms with Gasteiger partial charge in [-0.25, -0.2) is 15.3 Å². The number of hydroxylamine groups is 1. The summed E-state index contributed by atoms with van der Waals surface area (Å²) < 4.78 is 0. The number of benzene rings is 1. The molecule has 7 nitrogen and oxygen atoms in total. The summed E-state index contributed by atoms with van der Waals surface area (Å²) >= 11 is 0. The van der Waals surface area contributed by atoms with Gasteiger partial charge in [-0.3, -0.25) is 14.9 Å². The summed E-state index contributed by atoms with van der Waals surface area (Å²) in [5, 5.41) is 2.51. The van der Waals surface area contributed by atoms with Gasteiger partial charge in [0.1, 0.15) is 12.4 Å². The fourth-order valence-corrected chi connectivity index (χ4v) is 1.47. The Bertz CT molecular complexity index is 496. The quantitative estimate of drug-likeness (QED) is 0.700. The zero-order valence-corrected chi connectivity index (χ0v) is 9.47. The van der Waals surface area contributed by atoms with Gasteiger partial charge in [0.05, 0.1) is 12.1 Å². The second kappa shape index (κ2) is 5.28. The standard InChI is InChI=1S/C11H12N4O3/c12-9(16)5-7-1-3-8(4-2-7)13-10-6-18-15-11(17)14-10/h1-4H,5-6H2,(H2,12,16)(H2,13,14,15,17). The first-order valence-corrected chi connectivity index (χ1v) is 5.27. The maximum Gasteiger partial charge on any atom is 0.344 e. The largest absolute Gasteiger partial charge is 0.369 e. The Morgan fingerprint density at radius 1 is 1.39 bits per heavy atom. The molecule has 3 amide bonds. The molecule has 7 heteroatoms. The maximum atomic E-state index is 11.0. The molecule has 0 spiro atoms. The van der Waals surface area contributed by atoms with E-state index in [-0.39, 0.29) is 18.9 Å². The average Bonchev–Trinajstić information content (AvgIpc) is 2.31. The molecule has 0 radical (unpaired) electrons. The number of nitrogens with one attached hydrogen (secondary N) is 2. The van der Waals surface area contributed by atoms with Gasteiger partial charge in [0.2, 0.25) is 5.91 Å². The van der Waals surface area contributed by atoms with Crippen LogP contribution in [0.1, 0.15) is 5.56 Å². The molecule has 1 aliphatic heterocycles. The van der Waals surface area contributed by atoms with Gasteiger partial charge in [-0.2, -0.15) is 0 Å². The van der Waals surface area contributed by atoms with Gasteiger partial charge in [0, 0.05) is 0 Å². The minimum atomic E-state index is -0.453. The first-order chi connectivity index (χ1) is 8.63. The summed E-state index contributed by atoms with van der Waals surface area (Å²) in [7, 11) is 0. The number of nitrogens with two attached hydrogens (primary N) is 1. The molecule has 0 atom stereocenters. The molecule has 1 fully saturated rings. The van der Waals surface area contributed by atoms with Crippen LogP contribution in [0.2, 0.25) is 0 Å². The van der Waals surface area contributed by atoms with Crippen molar-refractivity contribution in [3.8, 4) is 0 Å². The molecule has 94 valence electrons. The highest BCUT2D eigenvalue weighted by molar-refractivity contribution is 6.00. The lowest BCUT2D eigenvalue weighted by Crippen LogP contribution is -2.47. The highest BCUT2D eigenvalue weighted by Gasteiger charge is 2.12. The Labute approximate surface area is 103 Å². The number of aliphatic imine (C=N–C) groups is 1. The van der Waals surface area contributed by atoms with Gasteiger partial charge in [-0.05, 0) is 17.7 Å². The van der Waals surface area contributed by atoms with Crippen LogP contribution in [0.4, 0.5) is 10.5 Å². The van der Waals surface area contributed by atoms with Crippen LogP contribution in [-0.2, 0) is 16.1 Å². The maximum absolute atomic E-state index is 11.0. The Hall–Kier alpha value is -2.41. The van der Waals surface area contributed by atoms with Crippen molar-refractivity contribution in [1.82, 2.24) is 10.8 Å². The minimum Gasteiger partial charge on any atom is -0.369 e. The molecular formula is C11H12N4O3. The second-order valence-electron chi connectivity index (χ2n) is 3.71. The summed E-state index contributed by atoms with van der Waals surface area (Å²) in [5.41, 5.74) is 8.71. The number of carbonyl (C=O) groups excluding carboxylic acids is 2. The van der Waals surface area contributed by atoms with Crippen molar-refractivity contribution >= 4 is 23.5 Å². The molecule has 1 aromatic carbocycles. The average molecular weight is 248 g/mol. The van der Waals surface area contributed by atoms with E-state index >= 15 is 0 Å². The number of urea groups is 1. The number of nitrogens with zero attached hydrogens (tertiary/aromatic N) is 1. The molecular weight excluding hydrogens is 236 g/mol. The van der Waals surface area contributed by atoms with Gasteiger partial charge < -0.3 is 5.73 Å². The van der Waals surface area contributed by atoms with Crippen LogP contribution < -0.4 is 16.5 Å². The molecule has 2 rings (SSSR count). The summed E-state index contributed by atoms with van der Waals surface area (Å²) in [5.74, 6) is 0.0366. The molecule has 1 saturated heterocycles. The highest BCUT2D eigenvalue weighted by Crippen LogP contribution is 2.13. The van der Waals surface area contributed by atoms with Crippen LogP contribution >= 0.6 is 0 Å². The van der Waals surface area contributed by atoms with E-state index in [2.05, 4.69) is 15.8 Å². The zero-order valence-electron chi connectivity index (χ0n) is 9.47. The van der Waals surface area contributed by atoms with Crippen LogP contribution in [-0.4, -0.2) is 24.4 Å². The van der Waals surface area contributed by atoms with E-state index in [1.807, 2.05) is 0 Å². The zero-order chi connectivity index (χ0) is 13.0. The Morgan fingerprint density at radius 3 is 2.72 bits per heavy atom. The summed E-state index contributed by atoms with van der Waals surface area (Å²) in [6.07, 6.45) is 0.195. The van der Waals surface area contributed by atoms with E-state index in [0.717, 1.165) is 5.56 Å².